The number of amides is 3. The third-order valence-electron chi connectivity index (χ3n) is 5.53. The van der Waals surface area contributed by atoms with Crippen molar-refractivity contribution in [2.24, 2.45) is 17.6 Å². The van der Waals surface area contributed by atoms with E-state index in [4.69, 9.17) is 5.73 Å². The molecule has 1 saturated heterocycles. The number of carbonyl (C=O) groups excluding carboxylic acids is 2. The SMILES string of the molecule is NC1CCCC(C(=O)N2CCCC(CNC(=O)Nc3cccc(F)c3)C2)C1. The number of halogens is 1. The number of nitrogens with two attached hydrogens (primary N) is 1. The van der Waals surface area contributed by atoms with Crippen LogP contribution in [0.2, 0.25) is 0 Å². The molecular formula is C20H29FN4O2. The van der Waals surface area contributed by atoms with E-state index in [0.717, 1.165) is 45.1 Å². The van der Waals surface area contributed by atoms with Gasteiger partial charge in [-0.15, -0.1) is 0 Å². The summed E-state index contributed by atoms with van der Waals surface area (Å²) in [6, 6.07) is 5.57. The summed E-state index contributed by atoms with van der Waals surface area (Å²) >= 11 is 0. The van der Waals surface area contributed by atoms with Crippen LogP contribution in [0.5, 0.6) is 0 Å². The zero-order valence-corrected chi connectivity index (χ0v) is 15.6. The fraction of sp³-hybridized carbons (Fsp3) is 0.600. The van der Waals surface area contributed by atoms with Crippen LogP contribution in [0.4, 0.5) is 14.9 Å². The highest BCUT2D eigenvalue weighted by molar-refractivity contribution is 5.89. The average molecular weight is 376 g/mol. The number of anilines is 1. The maximum Gasteiger partial charge on any atom is 0.319 e. The smallest absolute Gasteiger partial charge is 0.319 e. The maximum atomic E-state index is 13.2. The van der Waals surface area contributed by atoms with E-state index in [2.05, 4.69) is 10.6 Å². The van der Waals surface area contributed by atoms with Crippen molar-refractivity contribution < 1.29 is 14.0 Å². The number of carbonyl (C=O) groups is 2. The molecule has 4 N–H and O–H groups in total. The molecule has 1 heterocycles. The minimum Gasteiger partial charge on any atom is -0.342 e. The van der Waals surface area contributed by atoms with Crippen LogP contribution in [0.15, 0.2) is 24.3 Å². The number of piperidine rings is 1. The number of urea groups is 1. The minimum atomic E-state index is -0.392. The number of benzene rings is 1. The molecule has 7 heteroatoms. The Morgan fingerprint density at radius 1 is 1.22 bits per heavy atom. The van der Waals surface area contributed by atoms with Gasteiger partial charge in [0.05, 0.1) is 0 Å². The lowest BCUT2D eigenvalue weighted by atomic mass is 9.84. The molecule has 3 rings (SSSR count). The quantitative estimate of drug-likeness (QED) is 0.755. The zero-order chi connectivity index (χ0) is 19.2. The van der Waals surface area contributed by atoms with Gasteiger partial charge in [0.25, 0.3) is 0 Å². The molecule has 1 aromatic rings. The zero-order valence-electron chi connectivity index (χ0n) is 15.6. The first-order chi connectivity index (χ1) is 13.0. The predicted octanol–water partition coefficient (Wildman–Crippen LogP) is 2.70. The second-order valence-electron chi connectivity index (χ2n) is 7.76. The molecular weight excluding hydrogens is 347 g/mol. The van der Waals surface area contributed by atoms with Crippen LogP contribution in [-0.4, -0.2) is 42.5 Å². The Morgan fingerprint density at radius 3 is 2.85 bits per heavy atom. The second-order valence-corrected chi connectivity index (χ2v) is 7.76. The molecule has 3 atom stereocenters. The lowest BCUT2D eigenvalue weighted by molar-refractivity contribution is -0.138. The first-order valence-electron chi connectivity index (χ1n) is 9.86. The van der Waals surface area contributed by atoms with Crippen molar-refractivity contribution in [1.29, 1.82) is 0 Å². The molecule has 1 aliphatic heterocycles. The Morgan fingerprint density at radius 2 is 2.07 bits per heavy atom. The maximum absolute atomic E-state index is 13.2. The van der Waals surface area contributed by atoms with Crippen LogP contribution in [0, 0.1) is 17.7 Å². The third kappa shape index (κ3) is 5.66. The summed E-state index contributed by atoms with van der Waals surface area (Å²) in [6.07, 6.45) is 5.68. The monoisotopic (exact) mass is 376 g/mol. The Balaban J connectivity index is 1.45. The number of hydrogen-bond acceptors (Lipinski definition) is 3. The summed E-state index contributed by atoms with van der Waals surface area (Å²) < 4.78 is 13.2. The van der Waals surface area contributed by atoms with Crippen molar-refractivity contribution >= 4 is 17.6 Å². The van der Waals surface area contributed by atoms with Crippen molar-refractivity contribution in [3.8, 4) is 0 Å². The number of nitrogens with zero attached hydrogens (tertiary/aromatic N) is 1. The van der Waals surface area contributed by atoms with Gasteiger partial charge >= 0.3 is 6.03 Å². The Kier molecular flexibility index (Phi) is 6.66. The molecule has 1 aliphatic carbocycles. The Hall–Kier alpha value is -2.15. The largest absolute Gasteiger partial charge is 0.342 e. The molecule has 3 amide bonds. The molecule has 2 aliphatic rings. The summed E-state index contributed by atoms with van der Waals surface area (Å²) in [4.78, 5) is 26.8. The van der Waals surface area contributed by atoms with Crippen LogP contribution >= 0.6 is 0 Å². The van der Waals surface area contributed by atoms with E-state index in [9.17, 15) is 14.0 Å². The van der Waals surface area contributed by atoms with Gasteiger partial charge in [-0.2, -0.15) is 0 Å². The number of likely N-dealkylation sites (tertiary alicyclic amines) is 1. The lowest BCUT2D eigenvalue weighted by Crippen LogP contribution is -2.47. The van der Waals surface area contributed by atoms with Crippen molar-refractivity contribution in [3.05, 3.63) is 30.1 Å². The van der Waals surface area contributed by atoms with E-state index in [1.807, 2.05) is 4.90 Å². The second kappa shape index (κ2) is 9.17. The van der Waals surface area contributed by atoms with Crippen molar-refractivity contribution in [3.63, 3.8) is 0 Å². The molecule has 1 saturated carbocycles. The van der Waals surface area contributed by atoms with E-state index < -0.39 is 5.82 Å². The van der Waals surface area contributed by atoms with E-state index in [0.29, 0.717) is 18.8 Å². The molecule has 2 fully saturated rings. The van der Waals surface area contributed by atoms with Crippen LogP contribution in [0.3, 0.4) is 0 Å². The fourth-order valence-corrected chi connectivity index (χ4v) is 4.12. The molecule has 0 radical (unpaired) electrons. The van der Waals surface area contributed by atoms with Gasteiger partial charge in [-0.3, -0.25) is 4.79 Å². The summed E-state index contributed by atoms with van der Waals surface area (Å²) in [5.41, 5.74) is 6.44. The molecule has 3 unspecified atom stereocenters. The van der Waals surface area contributed by atoms with Gasteiger partial charge < -0.3 is 21.3 Å². The van der Waals surface area contributed by atoms with Gasteiger partial charge in [-0.1, -0.05) is 12.5 Å². The van der Waals surface area contributed by atoms with Gasteiger partial charge in [0, 0.05) is 37.3 Å². The lowest BCUT2D eigenvalue weighted by Gasteiger charge is -2.36. The minimum absolute atomic E-state index is 0.0525. The van der Waals surface area contributed by atoms with E-state index >= 15 is 0 Å². The predicted molar refractivity (Wildman–Crippen MR) is 103 cm³/mol. The first kappa shape index (κ1) is 19.6. The Labute approximate surface area is 159 Å². The van der Waals surface area contributed by atoms with Crippen molar-refractivity contribution in [2.75, 3.05) is 25.0 Å². The molecule has 148 valence electrons. The van der Waals surface area contributed by atoms with Crippen LogP contribution in [0.1, 0.15) is 38.5 Å². The highest BCUT2D eigenvalue weighted by atomic mass is 19.1. The number of nitrogens with one attached hydrogen (secondary N) is 2. The van der Waals surface area contributed by atoms with E-state index in [1.54, 1.807) is 12.1 Å². The standard InChI is InChI=1S/C20H29FN4O2/c21-16-6-2-8-18(11-16)24-20(27)23-12-14-4-3-9-25(13-14)19(26)15-5-1-7-17(22)10-15/h2,6,8,11,14-15,17H,1,3-5,7,9-10,12-13,22H2,(H2,23,24,27). The number of rotatable bonds is 4. The normalized spacial score (nSPS) is 25.7. The highest BCUT2D eigenvalue weighted by Crippen LogP contribution is 2.27. The van der Waals surface area contributed by atoms with Gasteiger partial charge in [0.1, 0.15) is 5.82 Å². The average Bonchev–Trinajstić information content (AvgIpc) is 2.66. The van der Waals surface area contributed by atoms with E-state index in [-0.39, 0.29) is 29.8 Å². The molecule has 1 aromatic carbocycles. The summed E-state index contributed by atoms with van der Waals surface area (Å²) in [5.74, 6) is 0.116. The molecule has 0 spiro atoms. The van der Waals surface area contributed by atoms with Gasteiger partial charge in [-0.25, -0.2) is 9.18 Å². The molecule has 0 aromatic heterocycles. The van der Waals surface area contributed by atoms with Gasteiger partial charge in [-0.05, 0) is 56.2 Å². The van der Waals surface area contributed by atoms with Crippen molar-refractivity contribution in [2.45, 2.75) is 44.6 Å². The fourth-order valence-electron chi connectivity index (χ4n) is 4.12. The number of hydrogen-bond donors (Lipinski definition) is 3. The summed E-state index contributed by atoms with van der Waals surface area (Å²) in [6.45, 7) is 1.95. The Bertz CT molecular complexity index is 669. The van der Waals surface area contributed by atoms with Crippen LogP contribution in [-0.2, 0) is 4.79 Å². The van der Waals surface area contributed by atoms with Crippen LogP contribution in [0.25, 0.3) is 0 Å². The van der Waals surface area contributed by atoms with Gasteiger partial charge in [0.15, 0.2) is 0 Å². The van der Waals surface area contributed by atoms with Crippen LogP contribution < -0.4 is 16.4 Å². The summed E-state index contributed by atoms with van der Waals surface area (Å²) in [7, 11) is 0. The van der Waals surface area contributed by atoms with E-state index in [1.165, 1.54) is 12.1 Å². The third-order valence-corrected chi connectivity index (χ3v) is 5.53. The molecule has 6 nitrogen and oxygen atoms in total. The highest BCUT2D eigenvalue weighted by Gasteiger charge is 2.31. The van der Waals surface area contributed by atoms with Gasteiger partial charge in [0.2, 0.25) is 5.91 Å². The summed E-state index contributed by atoms with van der Waals surface area (Å²) in [5, 5.41) is 5.46. The topological polar surface area (TPSA) is 87.5 Å². The molecule has 27 heavy (non-hydrogen) atoms. The van der Waals surface area contributed by atoms with Crippen molar-refractivity contribution in [1.82, 2.24) is 10.2 Å². The molecule has 0 bridgehead atoms. The first-order valence-corrected chi connectivity index (χ1v) is 9.86.